The van der Waals surface area contributed by atoms with Crippen LogP contribution in [0.15, 0.2) is 54.7 Å². The minimum Gasteiger partial charge on any atom is -0.483 e. The summed E-state index contributed by atoms with van der Waals surface area (Å²) >= 11 is 0. The molecule has 1 heterocycles. The summed E-state index contributed by atoms with van der Waals surface area (Å²) in [6, 6.07) is 16.4. The fourth-order valence-corrected chi connectivity index (χ4v) is 2.87. The lowest BCUT2D eigenvalue weighted by Gasteiger charge is -2.11. The van der Waals surface area contributed by atoms with Crippen LogP contribution in [0.4, 0.5) is 0 Å². The molecular formula is C21H24N2O2. The molecule has 0 fully saturated rings. The van der Waals surface area contributed by atoms with Gasteiger partial charge >= 0.3 is 0 Å². The van der Waals surface area contributed by atoms with E-state index >= 15 is 0 Å². The number of amides is 1. The molecule has 0 radical (unpaired) electrons. The highest BCUT2D eigenvalue weighted by Gasteiger charge is 2.05. The second-order valence-corrected chi connectivity index (χ2v) is 6.33. The van der Waals surface area contributed by atoms with Crippen LogP contribution in [0.1, 0.15) is 17.5 Å². The molecule has 0 saturated heterocycles. The molecule has 25 heavy (non-hydrogen) atoms. The van der Waals surface area contributed by atoms with Crippen molar-refractivity contribution < 1.29 is 9.53 Å². The van der Waals surface area contributed by atoms with Gasteiger partial charge in [0.25, 0.3) is 5.91 Å². The standard InChI is InChI=1S/C21H24N2O2/c1-16-8-9-17(2)20(14-16)25-15-21(24)22-11-5-12-23-13-10-18-6-3-4-7-19(18)23/h3-4,6-10,13-14H,5,11-12,15H2,1-2H3,(H,22,24). The second kappa shape index (κ2) is 7.88. The van der Waals surface area contributed by atoms with E-state index in [1.165, 1.54) is 10.9 Å². The molecule has 130 valence electrons. The average Bonchev–Trinajstić information content (AvgIpc) is 3.03. The lowest BCUT2D eigenvalue weighted by atomic mass is 10.1. The molecule has 0 aliphatic rings. The van der Waals surface area contributed by atoms with E-state index < -0.39 is 0 Å². The molecule has 0 saturated carbocycles. The predicted molar refractivity (Wildman–Crippen MR) is 101 cm³/mol. The smallest absolute Gasteiger partial charge is 0.257 e. The number of hydrogen-bond acceptors (Lipinski definition) is 2. The third kappa shape index (κ3) is 4.41. The monoisotopic (exact) mass is 336 g/mol. The first-order valence-corrected chi connectivity index (χ1v) is 8.64. The molecule has 2 aromatic carbocycles. The van der Waals surface area contributed by atoms with Crippen LogP contribution in [-0.2, 0) is 11.3 Å². The van der Waals surface area contributed by atoms with Gasteiger partial charge in [0.1, 0.15) is 5.75 Å². The Kier molecular flexibility index (Phi) is 5.39. The van der Waals surface area contributed by atoms with Gasteiger partial charge in [-0.25, -0.2) is 0 Å². The summed E-state index contributed by atoms with van der Waals surface area (Å²) in [6.07, 6.45) is 2.98. The van der Waals surface area contributed by atoms with Crippen molar-refractivity contribution in [2.75, 3.05) is 13.2 Å². The van der Waals surface area contributed by atoms with Crippen LogP contribution in [0, 0.1) is 13.8 Å². The highest BCUT2D eigenvalue weighted by atomic mass is 16.5. The Labute approximate surface area is 148 Å². The van der Waals surface area contributed by atoms with Crippen molar-refractivity contribution in [3.63, 3.8) is 0 Å². The summed E-state index contributed by atoms with van der Waals surface area (Å²) in [5, 5.41) is 4.16. The van der Waals surface area contributed by atoms with Crippen molar-refractivity contribution >= 4 is 16.8 Å². The van der Waals surface area contributed by atoms with Crippen molar-refractivity contribution in [1.29, 1.82) is 0 Å². The van der Waals surface area contributed by atoms with Crippen LogP contribution in [-0.4, -0.2) is 23.6 Å². The number of benzene rings is 2. The highest BCUT2D eigenvalue weighted by Crippen LogP contribution is 2.19. The zero-order valence-corrected chi connectivity index (χ0v) is 14.8. The van der Waals surface area contributed by atoms with Gasteiger partial charge in [-0.2, -0.15) is 0 Å². The van der Waals surface area contributed by atoms with Gasteiger partial charge in [0.05, 0.1) is 0 Å². The largest absolute Gasteiger partial charge is 0.483 e. The number of ether oxygens (including phenoxy) is 1. The molecule has 0 spiro atoms. The molecular weight excluding hydrogens is 312 g/mol. The number of carbonyl (C=O) groups is 1. The molecule has 0 bridgehead atoms. The first-order valence-electron chi connectivity index (χ1n) is 8.64. The number of aromatic nitrogens is 1. The Morgan fingerprint density at radius 3 is 2.84 bits per heavy atom. The van der Waals surface area contributed by atoms with E-state index in [0.717, 1.165) is 29.8 Å². The van der Waals surface area contributed by atoms with Crippen molar-refractivity contribution in [3.05, 3.63) is 65.9 Å². The van der Waals surface area contributed by atoms with Gasteiger partial charge in [0.2, 0.25) is 0 Å². The van der Waals surface area contributed by atoms with E-state index in [0.29, 0.717) is 6.54 Å². The number of nitrogens with zero attached hydrogens (tertiary/aromatic N) is 1. The zero-order chi connectivity index (χ0) is 17.6. The van der Waals surface area contributed by atoms with E-state index in [2.05, 4.69) is 34.3 Å². The quantitative estimate of drug-likeness (QED) is 0.666. The number of nitrogens with one attached hydrogen (secondary N) is 1. The zero-order valence-electron chi connectivity index (χ0n) is 14.8. The van der Waals surface area contributed by atoms with Crippen LogP contribution in [0.5, 0.6) is 5.75 Å². The van der Waals surface area contributed by atoms with Crippen LogP contribution >= 0.6 is 0 Å². The summed E-state index contributed by atoms with van der Waals surface area (Å²) in [5.74, 6) is 0.687. The van der Waals surface area contributed by atoms with E-state index in [-0.39, 0.29) is 12.5 Å². The number of para-hydroxylation sites is 1. The molecule has 4 nitrogen and oxygen atoms in total. The molecule has 0 aliphatic heterocycles. The van der Waals surface area contributed by atoms with Gasteiger partial charge in [-0.3, -0.25) is 4.79 Å². The Balaban J connectivity index is 1.41. The van der Waals surface area contributed by atoms with Crippen LogP contribution in [0.25, 0.3) is 10.9 Å². The topological polar surface area (TPSA) is 43.3 Å². The molecule has 1 amide bonds. The number of rotatable bonds is 7. The van der Waals surface area contributed by atoms with Crippen molar-refractivity contribution in [3.8, 4) is 5.75 Å². The van der Waals surface area contributed by atoms with Crippen LogP contribution < -0.4 is 10.1 Å². The normalized spacial score (nSPS) is 10.8. The third-order valence-electron chi connectivity index (χ3n) is 4.28. The molecule has 0 unspecified atom stereocenters. The van der Waals surface area contributed by atoms with E-state index in [1.54, 1.807) is 0 Å². The summed E-state index contributed by atoms with van der Waals surface area (Å²) in [4.78, 5) is 11.9. The number of carbonyl (C=O) groups excluding carboxylic acids is 1. The Morgan fingerprint density at radius 2 is 1.96 bits per heavy atom. The van der Waals surface area contributed by atoms with E-state index in [9.17, 15) is 4.79 Å². The summed E-state index contributed by atoms with van der Waals surface area (Å²) in [6.45, 7) is 5.56. The number of aryl methyl sites for hydroxylation is 3. The Hall–Kier alpha value is -2.75. The fraction of sp³-hybridized carbons (Fsp3) is 0.286. The molecule has 3 aromatic rings. The molecule has 1 aromatic heterocycles. The van der Waals surface area contributed by atoms with Crippen molar-refractivity contribution in [1.82, 2.24) is 9.88 Å². The number of fused-ring (bicyclic) bond motifs is 1. The minimum absolute atomic E-state index is 0.0523. The van der Waals surface area contributed by atoms with Crippen molar-refractivity contribution in [2.45, 2.75) is 26.8 Å². The molecule has 0 aliphatic carbocycles. The SMILES string of the molecule is Cc1ccc(C)c(OCC(=O)NCCCn2ccc3ccccc32)c1. The van der Waals surface area contributed by atoms with Crippen molar-refractivity contribution in [2.24, 2.45) is 0 Å². The summed E-state index contributed by atoms with van der Waals surface area (Å²) in [5.41, 5.74) is 3.39. The van der Waals surface area contributed by atoms with Gasteiger partial charge in [-0.15, -0.1) is 0 Å². The average molecular weight is 336 g/mol. The van der Waals surface area contributed by atoms with Gasteiger partial charge in [-0.1, -0.05) is 30.3 Å². The Morgan fingerprint density at radius 1 is 1.12 bits per heavy atom. The molecule has 4 heteroatoms. The molecule has 3 rings (SSSR count). The van der Waals surface area contributed by atoms with Gasteiger partial charge < -0.3 is 14.6 Å². The maximum atomic E-state index is 11.9. The highest BCUT2D eigenvalue weighted by molar-refractivity contribution is 5.80. The van der Waals surface area contributed by atoms with E-state index in [4.69, 9.17) is 4.74 Å². The summed E-state index contributed by atoms with van der Waals surface area (Å²) < 4.78 is 7.84. The molecule has 1 N–H and O–H groups in total. The van der Waals surface area contributed by atoms with Gasteiger partial charge in [0, 0.05) is 24.8 Å². The maximum absolute atomic E-state index is 11.9. The lowest BCUT2D eigenvalue weighted by Crippen LogP contribution is -2.30. The van der Waals surface area contributed by atoms with Crippen LogP contribution in [0.3, 0.4) is 0 Å². The van der Waals surface area contributed by atoms with Gasteiger partial charge in [0.15, 0.2) is 6.61 Å². The molecule has 0 atom stereocenters. The first kappa shape index (κ1) is 17.1. The van der Waals surface area contributed by atoms with Gasteiger partial charge in [-0.05, 0) is 55.0 Å². The van der Waals surface area contributed by atoms with Crippen LogP contribution in [0.2, 0.25) is 0 Å². The lowest BCUT2D eigenvalue weighted by molar-refractivity contribution is -0.123. The fourth-order valence-electron chi connectivity index (χ4n) is 2.87. The first-order chi connectivity index (χ1) is 12.1. The number of hydrogen-bond donors (Lipinski definition) is 1. The summed E-state index contributed by atoms with van der Waals surface area (Å²) in [7, 11) is 0. The maximum Gasteiger partial charge on any atom is 0.257 e. The Bertz CT molecular complexity index is 867. The minimum atomic E-state index is -0.0849. The second-order valence-electron chi connectivity index (χ2n) is 6.33. The predicted octanol–water partition coefficient (Wildman–Crippen LogP) is 3.84. The third-order valence-corrected chi connectivity index (χ3v) is 4.28. The van der Waals surface area contributed by atoms with E-state index in [1.807, 2.05) is 44.2 Å².